The largest absolute Gasteiger partial charge is 0.444 e. The van der Waals surface area contributed by atoms with Gasteiger partial charge in [-0.3, -0.25) is 4.79 Å². The van der Waals surface area contributed by atoms with Crippen molar-refractivity contribution in [3.05, 3.63) is 21.9 Å². The van der Waals surface area contributed by atoms with Gasteiger partial charge in [0.2, 0.25) is 0 Å². The maximum Gasteiger partial charge on any atom is 0.410 e. The molecule has 1 aromatic heterocycles. The van der Waals surface area contributed by atoms with Crippen LogP contribution in [0.5, 0.6) is 0 Å². The Bertz CT molecular complexity index is 622. The number of carbonyl (C=O) groups is 2. The molecular weight excluding hydrogens is 328 g/mol. The first-order valence-corrected chi connectivity index (χ1v) is 9.15. The van der Waals surface area contributed by atoms with Crippen molar-refractivity contribution in [1.82, 2.24) is 9.80 Å². The minimum atomic E-state index is -0.605. The monoisotopic (exact) mass is 352 g/mol. The summed E-state index contributed by atoms with van der Waals surface area (Å²) in [6, 6.07) is 2.08. The summed E-state index contributed by atoms with van der Waals surface area (Å²) in [6.45, 7) is 7.89. The number of hydrogen-bond acceptors (Lipinski definition) is 5. The fourth-order valence-electron chi connectivity index (χ4n) is 2.93. The SMILES string of the molecule is CC(C)(C)OC(=O)N1CCOC(C(=O)N2CCc3sccc3C2)C1. The van der Waals surface area contributed by atoms with Crippen LogP contribution in [0.4, 0.5) is 4.79 Å². The molecule has 0 spiro atoms. The lowest BCUT2D eigenvalue weighted by molar-refractivity contribution is -0.149. The maximum absolute atomic E-state index is 12.8. The summed E-state index contributed by atoms with van der Waals surface area (Å²) in [5, 5.41) is 2.07. The first kappa shape index (κ1) is 17.2. The number of amides is 2. The lowest BCUT2D eigenvalue weighted by Crippen LogP contribution is -2.53. The van der Waals surface area contributed by atoms with E-state index < -0.39 is 11.7 Å². The Kier molecular flexibility index (Phi) is 4.83. The molecule has 1 aromatic rings. The van der Waals surface area contributed by atoms with Crippen LogP contribution in [0.3, 0.4) is 0 Å². The minimum Gasteiger partial charge on any atom is -0.444 e. The van der Waals surface area contributed by atoms with Crippen molar-refractivity contribution in [1.29, 1.82) is 0 Å². The Morgan fingerprint density at radius 2 is 2.08 bits per heavy atom. The molecule has 3 heterocycles. The molecule has 1 atom stereocenters. The summed E-state index contributed by atoms with van der Waals surface area (Å²) in [4.78, 5) is 29.7. The van der Waals surface area contributed by atoms with Crippen LogP contribution < -0.4 is 0 Å². The van der Waals surface area contributed by atoms with E-state index in [-0.39, 0.29) is 18.5 Å². The van der Waals surface area contributed by atoms with E-state index in [1.165, 1.54) is 10.4 Å². The van der Waals surface area contributed by atoms with E-state index in [4.69, 9.17) is 9.47 Å². The molecule has 2 aliphatic rings. The maximum atomic E-state index is 12.8. The van der Waals surface area contributed by atoms with Gasteiger partial charge in [-0.2, -0.15) is 0 Å². The molecule has 0 bridgehead atoms. The van der Waals surface area contributed by atoms with Crippen molar-refractivity contribution >= 4 is 23.3 Å². The quantitative estimate of drug-likeness (QED) is 0.778. The number of morpholine rings is 1. The predicted molar refractivity (Wildman–Crippen MR) is 91.0 cm³/mol. The summed E-state index contributed by atoms with van der Waals surface area (Å²) >= 11 is 1.75. The fraction of sp³-hybridized carbons (Fsp3) is 0.647. The molecule has 0 aliphatic carbocycles. The number of fused-ring (bicyclic) bond motifs is 1. The number of thiophene rings is 1. The summed E-state index contributed by atoms with van der Waals surface area (Å²) < 4.78 is 11.0. The Morgan fingerprint density at radius 3 is 2.83 bits per heavy atom. The molecule has 1 fully saturated rings. The normalized spacial score (nSPS) is 21.4. The molecule has 0 N–H and O–H groups in total. The van der Waals surface area contributed by atoms with Crippen LogP contribution in [-0.4, -0.2) is 59.7 Å². The van der Waals surface area contributed by atoms with Crippen molar-refractivity contribution in [2.75, 3.05) is 26.2 Å². The molecule has 1 saturated heterocycles. The van der Waals surface area contributed by atoms with E-state index in [0.717, 1.165) is 6.42 Å². The second-order valence-corrected chi connectivity index (χ2v) is 8.17. The molecule has 0 aromatic carbocycles. The Morgan fingerprint density at radius 1 is 1.29 bits per heavy atom. The number of nitrogens with zero attached hydrogens (tertiary/aromatic N) is 2. The van der Waals surface area contributed by atoms with Gasteiger partial charge in [0.15, 0.2) is 6.10 Å². The van der Waals surface area contributed by atoms with Gasteiger partial charge in [-0.25, -0.2) is 4.79 Å². The third kappa shape index (κ3) is 3.89. The van der Waals surface area contributed by atoms with Gasteiger partial charge in [0.05, 0.1) is 13.2 Å². The molecule has 2 aliphatic heterocycles. The van der Waals surface area contributed by atoms with Gasteiger partial charge < -0.3 is 19.3 Å². The molecule has 3 rings (SSSR count). The molecule has 6 nitrogen and oxygen atoms in total. The van der Waals surface area contributed by atoms with Crippen LogP contribution in [0.25, 0.3) is 0 Å². The zero-order valence-corrected chi connectivity index (χ0v) is 15.2. The van der Waals surface area contributed by atoms with Gasteiger partial charge in [0.25, 0.3) is 5.91 Å². The zero-order chi connectivity index (χ0) is 17.3. The topological polar surface area (TPSA) is 59.1 Å². The van der Waals surface area contributed by atoms with E-state index in [0.29, 0.717) is 26.2 Å². The third-order valence-corrected chi connectivity index (χ3v) is 5.14. The highest BCUT2D eigenvalue weighted by atomic mass is 32.1. The number of ether oxygens (including phenoxy) is 2. The summed E-state index contributed by atoms with van der Waals surface area (Å²) in [7, 11) is 0. The van der Waals surface area contributed by atoms with Crippen LogP contribution in [0.1, 0.15) is 31.2 Å². The molecule has 2 amide bonds. The lowest BCUT2D eigenvalue weighted by atomic mass is 10.1. The smallest absolute Gasteiger partial charge is 0.410 e. The number of hydrogen-bond donors (Lipinski definition) is 0. The molecule has 7 heteroatoms. The predicted octanol–water partition coefficient (Wildman–Crippen LogP) is 2.27. The Labute approximate surface area is 146 Å². The van der Waals surface area contributed by atoms with Crippen molar-refractivity contribution in [2.24, 2.45) is 0 Å². The van der Waals surface area contributed by atoms with Crippen molar-refractivity contribution in [3.8, 4) is 0 Å². The first-order valence-electron chi connectivity index (χ1n) is 8.27. The Balaban J connectivity index is 1.60. The van der Waals surface area contributed by atoms with E-state index in [1.54, 1.807) is 16.2 Å². The fourth-order valence-corrected chi connectivity index (χ4v) is 3.82. The molecule has 1 unspecified atom stereocenters. The van der Waals surface area contributed by atoms with Crippen LogP contribution in [0, 0.1) is 0 Å². The average Bonchev–Trinajstić information content (AvgIpc) is 3.00. The second kappa shape index (κ2) is 6.72. The number of rotatable bonds is 1. The van der Waals surface area contributed by atoms with Crippen molar-refractivity contribution in [3.63, 3.8) is 0 Å². The highest BCUT2D eigenvalue weighted by molar-refractivity contribution is 7.10. The molecule has 132 valence electrons. The van der Waals surface area contributed by atoms with Gasteiger partial charge in [0.1, 0.15) is 5.60 Å². The highest BCUT2D eigenvalue weighted by Gasteiger charge is 2.35. The summed E-state index contributed by atoms with van der Waals surface area (Å²) in [5.41, 5.74) is 0.677. The zero-order valence-electron chi connectivity index (χ0n) is 14.4. The summed E-state index contributed by atoms with van der Waals surface area (Å²) in [6.07, 6.45) is -0.102. The molecule has 24 heavy (non-hydrogen) atoms. The van der Waals surface area contributed by atoms with Gasteiger partial charge in [-0.15, -0.1) is 11.3 Å². The van der Waals surface area contributed by atoms with E-state index in [2.05, 4.69) is 11.4 Å². The third-order valence-electron chi connectivity index (χ3n) is 4.11. The van der Waals surface area contributed by atoms with Gasteiger partial charge in [0, 0.05) is 24.5 Å². The highest BCUT2D eigenvalue weighted by Crippen LogP contribution is 2.25. The van der Waals surface area contributed by atoms with Crippen molar-refractivity contribution in [2.45, 2.75) is 45.4 Å². The van der Waals surface area contributed by atoms with Crippen LogP contribution >= 0.6 is 11.3 Å². The van der Waals surface area contributed by atoms with Gasteiger partial charge in [-0.05, 0) is 44.2 Å². The minimum absolute atomic E-state index is 0.0416. The average molecular weight is 352 g/mol. The number of carbonyl (C=O) groups excluding carboxylic acids is 2. The van der Waals surface area contributed by atoms with Gasteiger partial charge >= 0.3 is 6.09 Å². The molecule has 0 saturated carbocycles. The lowest BCUT2D eigenvalue weighted by Gasteiger charge is -2.36. The van der Waals surface area contributed by atoms with E-state index >= 15 is 0 Å². The summed E-state index contributed by atoms with van der Waals surface area (Å²) in [5.74, 6) is -0.0416. The van der Waals surface area contributed by atoms with E-state index in [9.17, 15) is 9.59 Å². The second-order valence-electron chi connectivity index (χ2n) is 7.16. The van der Waals surface area contributed by atoms with Crippen LogP contribution in [0.15, 0.2) is 11.4 Å². The van der Waals surface area contributed by atoms with Gasteiger partial charge in [-0.1, -0.05) is 0 Å². The first-order chi connectivity index (χ1) is 11.3. The van der Waals surface area contributed by atoms with Crippen molar-refractivity contribution < 1.29 is 19.1 Å². The molecular formula is C17H24N2O4S. The van der Waals surface area contributed by atoms with Crippen LogP contribution in [0.2, 0.25) is 0 Å². The van der Waals surface area contributed by atoms with E-state index in [1.807, 2.05) is 25.7 Å². The standard InChI is InChI=1S/C17H24N2O4S/c1-17(2,3)23-16(21)19-7-8-22-13(11-19)15(20)18-6-4-14-12(10-18)5-9-24-14/h5,9,13H,4,6-8,10-11H2,1-3H3. The molecule has 0 radical (unpaired) electrons. The Hall–Kier alpha value is -1.60. The van der Waals surface area contributed by atoms with Crippen LogP contribution in [-0.2, 0) is 27.2 Å².